The van der Waals surface area contributed by atoms with Crippen LogP contribution in [0.1, 0.15) is 32.1 Å². The Bertz CT molecular complexity index is 294. The van der Waals surface area contributed by atoms with Gasteiger partial charge in [0, 0.05) is 45.3 Å². The van der Waals surface area contributed by atoms with Crippen LogP contribution in [-0.2, 0) is 0 Å². The molecule has 1 aliphatic carbocycles. The summed E-state index contributed by atoms with van der Waals surface area (Å²) in [5, 5.41) is 4.57. The average molecular weight is 299 g/mol. The number of piperazine rings is 1. The molecule has 4 nitrogen and oxygen atoms in total. The molecule has 2 fully saturated rings. The summed E-state index contributed by atoms with van der Waals surface area (Å²) < 4.78 is 0. The van der Waals surface area contributed by atoms with Gasteiger partial charge in [0.1, 0.15) is 0 Å². The Labute approximate surface area is 129 Å². The molecule has 1 aliphatic heterocycles. The van der Waals surface area contributed by atoms with Crippen molar-refractivity contribution >= 4 is 17.3 Å². The summed E-state index contributed by atoms with van der Waals surface area (Å²) in [5.74, 6) is 0. The van der Waals surface area contributed by atoms with E-state index in [4.69, 9.17) is 12.2 Å². The third kappa shape index (κ3) is 5.19. The fourth-order valence-corrected chi connectivity index (χ4v) is 3.38. The summed E-state index contributed by atoms with van der Waals surface area (Å²) in [6.07, 6.45) is 6.71. The van der Waals surface area contributed by atoms with Crippen LogP contribution in [0.5, 0.6) is 0 Å². The maximum atomic E-state index is 5.59. The van der Waals surface area contributed by atoms with E-state index in [1.54, 1.807) is 0 Å². The van der Waals surface area contributed by atoms with Crippen LogP contribution in [0.2, 0.25) is 0 Å². The predicted molar refractivity (Wildman–Crippen MR) is 89.2 cm³/mol. The average Bonchev–Trinajstić information content (AvgIpc) is 2.46. The molecule has 0 bridgehead atoms. The van der Waals surface area contributed by atoms with Crippen molar-refractivity contribution in [2.75, 3.05) is 53.4 Å². The van der Waals surface area contributed by atoms with E-state index in [0.717, 1.165) is 37.8 Å². The fraction of sp³-hybridized carbons (Fsp3) is 0.933. The van der Waals surface area contributed by atoms with Crippen molar-refractivity contribution < 1.29 is 0 Å². The highest BCUT2D eigenvalue weighted by Gasteiger charge is 2.21. The van der Waals surface area contributed by atoms with E-state index in [0.29, 0.717) is 6.04 Å². The summed E-state index contributed by atoms with van der Waals surface area (Å²) in [7, 11) is 4.28. The van der Waals surface area contributed by atoms with Crippen molar-refractivity contribution in [3.8, 4) is 0 Å². The first-order chi connectivity index (χ1) is 9.65. The highest BCUT2D eigenvalue weighted by molar-refractivity contribution is 7.80. The Kier molecular flexibility index (Phi) is 6.52. The SMILES string of the molecule is CN(C)CCN1CCN(C(=S)NC2CCCCC2)CC1. The van der Waals surface area contributed by atoms with Crippen molar-refractivity contribution in [3.63, 3.8) is 0 Å². The zero-order valence-corrected chi connectivity index (χ0v) is 13.9. The van der Waals surface area contributed by atoms with Gasteiger partial charge in [-0.15, -0.1) is 0 Å². The second-order valence-corrected chi connectivity index (χ2v) is 6.80. The van der Waals surface area contributed by atoms with Crippen molar-refractivity contribution in [1.29, 1.82) is 0 Å². The molecule has 5 heteroatoms. The zero-order chi connectivity index (χ0) is 14.4. The van der Waals surface area contributed by atoms with Gasteiger partial charge in [-0.1, -0.05) is 19.3 Å². The minimum atomic E-state index is 0.628. The highest BCUT2D eigenvalue weighted by Crippen LogP contribution is 2.17. The lowest BCUT2D eigenvalue weighted by Gasteiger charge is -2.38. The second kappa shape index (κ2) is 8.15. The number of hydrogen-bond donors (Lipinski definition) is 1. The van der Waals surface area contributed by atoms with Gasteiger partial charge >= 0.3 is 0 Å². The zero-order valence-electron chi connectivity index (χ0n) is 13.1. The molecule has 0 atom stereocenters. The normalized spacial score (nSPS) is 22.2. The monoisotopic (exact) mass is 298 g/mol. The van der Waals surface area contributed by atoms with Crippen LogP contribution >= 0.6 is 12.2 Å². The quantitative estimate of drug-likeness (QED) is 0.789. The smallest absolute Gasteiger partial charge is 0.169 e. The first-order valence-corrected chi connectivity index (χ1v) is 8.48. The predicted octanol–water partition coefficient (Wildman–Crippen LogP) is 1.37. The molecule has 0 aromatic heterocycles. The van der Waals surface area contributed by atoms with Gasteiger partial charge in [0.15, 0.2) is 5.11 Å². The number of nitrogens with zero attached hydrogens (tertiary/aromatic N) is 3. The van der Waals surface area contributed by atoms with E-state index in [1.807, 2.05) is 0 Å². The van der Waals surface area contributed by atoms with Gasteiger partial charge in [-0.2, -0.15) is 0 Å². The third-order valence-corrected chi connectivity index (χ3v) is 4.83. The van der Waals surface area contributed by atoms with E-state index in [-0.39, 0.29) is 0 Å². The molecule has 1 saturated heterocycles. The lowest BCUT2D eigenvalue weighted by molar-refractivity contribution is 0.167. The molecular weight excluding hydrogens is 268 g/mol. The van der Waals surface area contributed by atoms with Crippen LogP contribution < -0.4 is 5.32 Å². The topological polar surface area (TPSA) is 21.8 Å². The minimum Gasteiger partial charge on any atom is -0.360 e. The largest absolute Gasteiger partial charge is 0.360 e. The molecule has 1 heterocycles. The molecule has 0 aromatic carbocycles. The Morgan fingerprint density at radius 3 is 2.35 bits per heavy atom. The van der Waals surface area contributed by atoms with Crippen LogP contribution in [0.25, 0.3) is 0 Å². The minimum absolute atomic E-state index is 0.628. The molecule has 0 spiro atoms. The summed E-state index contributed by atoms with van der Waals surface area (Å²) >= 11 is 5.59. The number of rotatable bonds is 4. The standard InChI is InChI=1S/C15H30N4S/c1-17(2)8-9-18-10-12-19(13-11-18)15(20)16-14-6-4-3-5-7-14/h14H,3-13H2,1-2H3,(H,16,20). The molecular formula is C15H30N4S. The molecule has 20 heavy (non-hydrogen) atoms. The number of likely N-dealkylation sites (N-methyl/N-ethyl adjacent to an activating group) is 1. The summed E-state index contributed by atoms with van der Waals surface area (Å²) in [4.78, 5) is 7.15. The molecule has 0 amide bonds. The maximum absolute atomic E-state index is 5.59. The Balaban J connectivity index is 1.66. The van der Waals surface area contributed by atoms with Crippen LogP contribution in [-0.4, -0.2) is 79.2 Å². The Morgan fingerprint density at radius 2 is 1.75 bits per heavy atom. The molecule has 2 aliphatic rings. The summed E-state index contributed by atoms with van der Waals surface area (Å²) in [6, 6.07) is 0.628. The highest BCUT2D eigenvalue weighted by atomic mass is 32.1. The van der Waals surface area contributed by atoms with E-state index < -0.39 is 0 Å². The Hall–Kier alpha value is -0.390. The van der Waals surface area contributed by atoms with Crippen LogP contribution in [0.3, 0.4) is 0 Å². The van der Waals surface area contributed by atoms with Crippen molar-refractivity contribution in [3.05, 3.63) is 0 Å². The van der Waals surface area contributed by atoms with Crippen LogP contribution in [0, 0.1) is 0 Å². The molecule has 0 radical (unpaired) electrons. The molecule has 1 saturated carbocycles. The van der Waals surface area contributed by atoms with Gasteiger partial charge in [-0.25, -0.2) is 0 Å². The molecule has 116 valence electrons. The summed E-state index contributed by atoms with van der Waals surface area (Å²) in [5.41, 5.74) is 0. The van der Waals surface area contributed by atoms with Gasteiger partial charge in [0.05, 0.1) is 0 Å². The van der Waals surface area contributed by atoms with Gasteiger partial charge < -0.3 is 15.1 Å². The maximum Gasteiger partial charge on any atom is 0.169 e. The third-order valence-electron chi connectivity index (χ3n) is 4.46. The van der Waals surface area contributed by atoms with Gasteiger partial charge in [-0.05, 0) is 39.2 Å². The number of thiocarbonyl (C=S) groups is 1. The van der Waals surface area contributed by atoms with Gasteiger partial charge in [-0.3, -0.25) is 4.90 Å². The van der Waals surface area contributed by atoms with Crippen molar-refractivity contribution in [1.82, 2.24) is 20.0 Å². The molecule has 0 aromatic rings. The van der Waals surface area contributed by atoms with Crippen LogP contribution in [0.4, 0.5) is 0 Å². The number of nitrogens with one attached hydrogen (secondary N) is 1. The molecule has 2 rings (SSSR count). The van der Waals surface area contributed by atoms with Crippen molar-refractivity contribution in [2.45, 2.75) is 38.1 Å². The van der Waals surface area contributed by atoms with E-state index in [9.17, 15) is 0 Å². The van der Waals surface area contributed by atoms with Crippen molar-refractivity contribution in [2.24, 2.45) is 0 Å². The van der Waals surface area contributed by atoms with Crippen LogP contribution in [0.15, 0.2) is 0 Å². The first kappa shape index (κ1) is 16.0. The Morgan fingerprint density at radius 1 is 1.10 bits per heavy atom. The molecule has 1 N–H and O–H groups in total. The first-order valence-electron chi connectivity index (χ1n) is 8.07. The van der Waals surface area contributed by atoms with E-state index in [1.165, 1.54) is 38.6 Å². The lowest BCUT2D eigenvalue weighted by atomic mass is 9.96. The van der Waals surface area contributed by atoms with E-state index >= 15 is 0 Å². The molecule has 0 unspecified atom stereocenters. The number of hydrogen-bond acceptors (Lipinski definition) is 3. The fourth-order valence-electron chi connectivity index (χ4n) is 3.03. The summed E-state index contributed by atoms with van der Waals surface area (Å²) in [6.45, 7) is 6.74. The van der Waals surface area contributed by atoms with Gasteiger partial charge in [0.25, 0.3) is 0 Å². The van der Waals surface area contributed by atoms with E-state index in [2.05, 4.69) is 34.1 Å². The second-order valence-electron chi connectivity index (χ2n) is 6.42. The van der Waals surface area contributed by atoms with Gasteiger partial charge in [0.2, 0.25) is 0 Å². The lowest BCUT2D eigenvalue weighted by Crippen LogP contribution is -2.54.